The number of hydrogen-bond donors (Lipinski definition) is 3. The van der Waals surface area contributed by atoms with Crippen LogP contribution in [0, 0.1) is 19.7 Å². The van der Waals surface area contributed by atoms with E-state index in [4.69, 9.17) is 4.52 Å². The van der Waals surface area contributed by atoms with Crippen LogP contribution in [0.25, 0.3) is 0 Å². The summed E-state index contributed by atoms with van der Waals surface area (Å²) in [6.45, 7) is 4.54. The van der Waals surface area contributed by atoms with Crippen molar-refractivity contribution in [3.63, 3.8) is 0 Å². The van der Waals surface area contributed by atoms with Gasteiger partial charge in [-0.05, 0) is 55.8 Å². The predicted octanol–water partition coefficient (Wildman–Crippen LogP) is 4.68. The molecule has 1 amide bonds. The number of nitrogens with zero attached hydrogens (tertiary/aromatic N) is 3. The van der Waals surface area contributed by atoms with E-state index in [0.29, 0.717) is 47.4 Å². The van der Waals surface area contributed by atoms with Gasteiger partial charge in [-0.15, -0.1) is 0 Å². The summed E-state index contributed by atoms with van der Waals surface area (Å²) in [5.74, 6) is 1.04. The van der Waals surface area contributed by atoms with Crippen LogP contribution >= 0.6 is 0 Å². The molecule has 4 aromatic rings. The van der Waals surface area contributed by atoms with E-state index in [1.807, 2.05) is 19.3 Å². The SMILES string of the molecule is Cc1noc(C)c1C(=O)Nc1ccc(NCc2ccc(F)cc2)nc1NCCc1cccn1C. The molecule has 176 valence electrons. The molecular formula is C25H27FN6O2. The van der Waals surface area contributed by atoms with Gasteiger partial charge < -0.3 is 25.0 Å². The minimum Gasteiger partial charge on any atom is -0.368 e. The van der Waals surface area contributed by atoms with E-state index >= 15 is 0 Å². The third kappa shape index (κ3) is 5.43. The number of carbonyl (C=O) groups excluding carboxylic acids is 1. The molecule has 3 heterocycles. The van der Waals surface area contributed by atoms with Crippen LogP contribution in [0.3, 0.4) is 0 Å². The first-order chi connectivity index (χ1) is 16.4. The van der Waals surface area contributed by atoms with Crippen LogP contribution in [0.4, 0.5) is 21.7 Å². The second-order valence-corrected chi connectivity index (χ2v) is 8.01. The molecule has 0 atom stereocenters. The van der Waals surface area contributed by atoms with E-state index < -0.39 is 0 Å². The van der Waals surface area contributed by atoms with Crippen molar-refractivity contribution in [2.24, 2.45) is 7.05 Å². The van der Waals surface area contributed by atoms with E-state index in [1.165, 1.54) is 17.8 Å². The highest BCUT2D eigenvalue weighted by Crippen LogP contribution is 2.24. The number of rotatable bonds is 9. The number of halogens is 1. The van der Waals surface area contributed by atoms with Crippen molar-refractivity contribution in [3.05, 3.63) is 88.8 Å². The number of anilines is 3. The molecule has 0 aliphatic heterocycles. The fourth-order valence-corrected chi connectivity index (χ4v) is 3.65. The Balaban J connectivity index is 1.51. The van der Waals surface area contributed by atoms with Gasteiger partial charge in [-0.25, -0.2) is 9.37 Å². The smallest absolute Gasteiger partial charge is 0.261 e. The standard InChI is InChI=1S/C25H27FN6O2/c1-16-23(17(2)34-31-16)25(33)29-21-10-11-22(28-15-18-6-8-19(26)9-7-18)30-24(21)27-13-12-20-5-4-14-32(20)3/h4-11,14H,12-13,15H2,1-3H3,(H,29,33)(H2,27,28,30). The third-order valence-corrected chi connectivity index (χ3v) is 5.52. The van der Waals surface area contributed by atoms with Crippen LogP contribution in [-0.2, 0) is 20.0 Å². The summed E-state index contributed by atoms with van der Waals surface area (Å²) in [7, 11) is 2.00. The minimum atomic E-state index is -0.310. The number of hydrogen-bond acceptors (Lipinski definition) is 6. The first-order valence-corrected chi connectivity index (χ1v) is 11.0. The maximum Gasteiger partial charge on any atom is 0.261 e. The topological polar surface area (TPSA) is 97.0 Å². The number of amides is 1. The lowest BCUT2D eigenvalue weighted by Crippen LogP contribution is -2.17. The van der Waals surface area contributed by atoms with Gasteiger partial charge in [0.25, 0.3) is 5.91 Å². The van der Waals surface area contributed by atoms with E-state index in [1.54, 1.807) is 38.1 Å². The lowest BCUT2D eigenvalue weighted by atomic mass is 10.2. The molecule has 0 unspecified atom stereocenters. The van der Waals surface area contributed by atoms with Crippen LogP contribution in [0.1, 0.15) is 33.1 Å². The number of aryl methyl sites for hydroxylation is 3. The molecule has 9 heteroatoms. The molecule has 3 N–H and O–H groups in total. The lowest BCUT2D eigenvalue weighted by molar-refractivity contribution is 0.102. The van der Waals surface area contributed by atoms with Gasteiger partial charge in [0.05, 0.1) is 11.4 Å². The van der Waals surface area contributed by atoms with Crippen LogP contribution < -0.4 is 16.0 Å². The van der Waals surface area contributed by atoms with Crippen molar-refractivity contribution >= 4 is 23.2 Å². The molecule has 1 aromatic carbocycles. The zero-order valence-electron chi connectivity index (χ0n) is 19.4. The Hall–Kier alpha value is -4.14. The van der Waals surface area contributed by atoms with Crippen molar-refractivity contribution in [1.82, 2.24) is 14.7 Å². The van der Waals surface area contributed by atoms with Gasteiger partial charge in [-0.1, -0.05) is 17.3 Å². The van der Waals surface area contributed by atoms with Crippen LogP contribution in [0.15, 0.2) is 59.3 Å². The Morgan fingerprint density at radius 1 is 1.09 bits per heavy atom. The average molecular weight is 463 g/mol. The molecule has 4 rings (SSSR count). The molecule has 0 spiro atoms. The number of benzene rings is 1. The fourth-order valence-electron chi connectivity index (χ4n) is 3.65. The van der Waals surface area contributed by atoms with Gasteiger partial charge in [0.15, 0.2) is 5.82 Å². The third-order valence-electron chi connectivity index (χ3n) is 5.52. The number of carbonyl (C=O) groups is 1. The number of nitrogens with one attached hydrogen (secondary N) is 3. The largest absolute Gasteiger partial charge is 0.368 e. The van der Waals surface area contributed by atoms with E-state index in [9.17, 15) is 9.18 Å². The lowest BCUT2D eigenvalue weighted by Gasteiger charge is -2.15. The van der Waals surface area contributed by atoms with Crippen molar-refractivity contribution in [2.75, 3.05) is 22.5 Å². The minimum absolute atomic E-state index is 0.273. The first kappa shape index (κ1) is 23.0. The van der Waals surface area contributed by atoms with Gasteiger partial charge in [-0.3, -0.25) is 4.79 Å². The molecule has 34 heavy (non-hydrogen) atoms. The number of pyridine rings is 1. The molecule has 3 aromatic heterocycles. The Morgan fingerprint density at radius 2 is 1.88 bits per heavy atom. The maximum atomic E-state index is 13.2. The molecular weight excluding hydrogens is 435 g/mol. The summed E-state index contributed by atoms with van der Waals surface area (Å²) in [6, 6.07) is 13.9. The zero-order valence-corrected chi connectivity index (χ0v) is 19.4. The normalized spacial score (nSPS) is 10.8. The Morgan fingerprint density at radius 3 is 2.56 bits per heavy atom. The molecule has 8 nitrogen and oxygen atoms in total. The van der Waals surface area contributed by atoms with Gasteiger partial charge >= 0.3 is 0 Å². The molecule has 0 bridgehead atoms. The van der Waals surface area contributed by atoms with Crippen LogP contribution in [0.5, 0.6) is 0 Å². The summed E-state index contributed by atoms with van der Waals surface area (Å²) < 4.78 is 20.4. The molecule has 0 aliphatic carbocycles. The second-order valence-electron chi connectivity index (χ2n) is 8.01. The first-order valence-electron chi connectivity index (χ1n) is 11.0. The molecule has 0 aliphatic rings. The highest BCUT2D eigenvalue weighted by molar-refractivity contribution is 6.07. The Kier molecular flexibility index (Phi) is 6.91. The monoisotopic (exact) mass is 462 g/mol. The van der Waals surface area contributed by atoms with Crippen molar-refractivity contribution in [1.29, 1.82) is 0 Å². The molecule has 0 saturated heterocycles. The highest BCUT2D eigenvalue weighted by Gasteiger charge is 2.19. The van der Waals surface area contributed by atoms with Crippen molar-refractivity contribution < 1.29 is 13.7 Å². The van der Waals surface area contributed by atoms with Crippen LogP contribution in [0.2, 0.25) is 0 Å². The summed E-state index contributed by atoms with van der Waals surface area (Å²) >= 11 is 0. The molecule has 0 radical (unpaired) electrons. The predicted molar refractivity (Wildman–Crippen MR) is 130 cm³/mol. The summed E-state index contributed by atoms with van der Waals surface area (Å²) in [4.78, 5) is 17.6. The summed E-state index contributed by atoms with van der Waals surface area (Å²) in [6.07, 6.45) is 2.79. The van der Waals surface area contributed by atoms with Gasteiger partial charge in [-0.2, -0.15) is 0 Å². The fraction of sp³-hybridized carbons (Fsp3) is 0.240. The second kappa shape index (κ2) is 10.2. The molecule has 0 fully saturated rings. The maximum absolute atomic E-state index is 13.2. The molecule has 0 saturated carbocycles. The van der Waals surface area contributed by atoms with Gasteiger partial charge in [0.1, 0.15) is 23.0 Å². The highest BCUT2D eigenvalue weighted by atomic mass is 19.1. The Labute approximate surface area is 197 Å². The Bertz CT molecular complexity index is 1260. The zero-order chi connectivity index (χ0) is 24.1. The average Bonchev–Trinajstić information content (AvgIpc) is 3.38. The summed E-state index contributed by atoms with van der Waals surface area (Å²) in [5, 5.41) is 13.4. The number of aromatic nitrogens is 3. The quantitative estimate of drug-likeness (QED) is 0.334. The van der Waals surface area contributed by atoms with E-state index in [0.717, 1.165) is 12.0 Å². The van der Waals surface area contributed by atoms with Gasteiger partial charge in [0.2, 0.25) is 0 Å². The van der Waals surface area contributed by atoms with Crippen molar-refractivity contribution in [3.8, 4) is 0 Å². The van der Waals surface area contributed by atoms with E-state index in [2.05, 4.69) is 36.7 Å². The van der Waals surface area contributed by atoms with Crippen molar-refractivity contribution in [2.45, 2.75) is 26.8 Å². The summed E-state index contributed by atoms with van der Waals surface area (Å²) in [5.41, 5.74) is 3.59. The van der Waals surface area contributed by atoms with Crippen LogP contribution in [-0.4, -0.2) is 27.2 Å². The van der Waals surface area contributed by atoms with Gasteiger partial charge in [0, 0.05) is 38.4 Å². The van der Waals surface area contributed by atoms with E-state index in [-0.39, 0.29) is 11.7 Å².